The number of hydrogen-bond donors (Lipinski definition) is 1. The van der Waals surface area contributed by atoms with Gasteiger partial charge >= 0.3 is 11.6 Å². The zero-order valence-electron chi connectivity index (χ0n) is 21.0. The first-order valence-electron chi connectivity index (χ1n) is 12.3. The highest BCUT2D eigenvalue weighted by Gasteiger charge is 2.28. The molecule has 196 valence electrons. The van der Waals surface area contributed by atoms with Gasteiger partial charge in [-0.1, -0.05) is 78.4 Å². The lowest BCUT2D eigenvalue weighted by atomic mass is 10.0. The van der Waals surface area contributed by atoms with E-state index in [1.54, 1.807) is 36.4 Å². The number of carbonyl (C=O) groups excluding carboxylic acids is 1. The number of benzene rings is 4. The van der Waals surface area contributed by atoms with Gasteiger partial charge in [0.15, 0.2) is 0 Å². The van der Waals surface area contributed by atoms with Crippen LogP contribution in [0.1, 0.15) is 11.1 Å². The minimum absolute atomic E-state index is 0.0416. The molecule has 0 saturated heterocycles. The fraction of sp³-hybridized carbons (Fsp3) is 0.0968. The average Bonchev–Trinajstić information content (AvgIpc) is 2.93. The Hall–Kier alpha value is -4.53. The molecule has 0 unspecified atom stereocenters. The Kier molecular flexibility index (Phi) is 7.40. The molecule has 8 heteroatoms. The van der Waals surface area contributed by atoms with Gasteiger partial charge in [0.2, 0.25) is 10.0 Å². The topological polar surface area (TPSA) is 103 Å². The molecule has 1 aromatic heterocycles. The first kappa shape index (κ1) is 26.1. The zero-order chi connectivity index (χ0) is 27.4. The number of carbonyl (C=O) groups is 1. The Morgan fingerprint density at radius 3 is 2.23 bits per heavy atom. The molecule has 5 rings (SSSR count). The normalized spacial score (nSPS) is 12.2. The summed E-state index contributed by atoms with van der Waals surface area (Å²) in [7, 11) is -4.02. The largest absolute Gasteiger partial charge is 0.425 e. The van der Waals surface area contributed by atoms with E-state index < -0.39 is 27.7 Å². The lowest BCUT2D eigenvalue weighted by Gasteiger charge is -2.18. The van der Waals surface area contributed by atoms with Crippen molar-refractivity contribution in [2.45, 2.75) is 24.3 Å². The van der Waals surface area contributed by atoms with Crippen LogP contribution in [0.25, 0.3) is 22.1 Å². The van der Waals surface area contributed by atoms with E-state index in [1.165, 1.54) is 24.3 Å². The smallest absolute Gasteiger partial charge is 0.336 e. The summed E-state index contributed by atoms with van der Waals surface area (Å²) < 4.78 is 39.7. The molecule has 7 nitrogen and oxygen atoms in total. The summed E-state index contributed by atoms with van der Waals surface area (Å²) >= 11 is 0. The van der Waals surface area contributed by atoms with E-state index in [9.17, 15) is 18.0 Å². The van der Waals surface area contributed by atoms with Crippen molar-refractivity contribution in [2.24, 2.45) is 0 Å². The maximum absolute atomic E-state index is 13.3. The zero-order valence-corrected chi connectivity index (χ0v) is 21.9. The maximum Gasteiger partial charge on any atom is 0.336 e. The quantitative estimate of drug-likeness (QED) is 0.164. The fourth-order valence-corrected chi connectivity index (χ4v) is 5.43. The van der Waals surface area contributed by atoms with Crippen molar-refractivity contribution in [3.63, 3.8) is 0 Å². The molecular weight excluding hydrogens is 514 g/mol. The standard InChI is InChI=1S/C31H25NO6S/c1-21-12-15-25(16-13-21)39(35,36)32-28(18-22-8-4-2-5-9-22)31(34)37-24-14-17-26-27(23-10-6-3-7-11-23)20-30(33)38-29(26)19-24/h2-17,19-20,28,32H,18H2,1H3/t28-/m1/s1. The van der Waals surface area contributed by atoms with E-state index in [0.717, 1.165) is 16.7 Å². The molecule has 0 bridgehead atoms. The number of fused-ring (bicyclic) bond motifs is 1. The van der Waals surface area contributed by atoms with Gasteiger partial charge in [-0.15, -0.1) is 0 Å². The second-order valence-electron chi connectivity index (χ2n) is 9.10. The molecule has 4 aromatic carbocycles. The number of rotatable bonds is 8. The van der Waals surface area contributed by atoms with Gasteiger partial charge in [-0.3, -0.25) is 0 Å². The number of sulfonamides is 1. The van der Waals surface area contributed by atoms with Crippen LogP contribution in [-0.4, -0.2) is 20.4 Å². The van der Waals surface area contributed by atoms with Crippen LogP contribution >= 0.6 is 0 Å². The van der Waals surface area contributed by atoms with Crippen LogP contribution in [0.5, 0.6) is 5.75 Å². The highest BCUT2D eigenvalue weighted by atomic mass is 32.2. The van der Waals surface area contributed by atoms with Gasteiger partial charge in [0.05, 0.1) is 4.90 Å². The molecule has 0 amide bonds. The maximum atomic E-state index is 13.3. The van der Waals surface area contributed by atoms with Crippen molar-refractivity contribution in [1.82, 2.24) is 4.72 Å². The van der Waals surface area contributed by atoms with Crippen molar-refractivity contribution in [2.75, 3.05) is 0 Å². The van der Waals surface area contributed by atoms with E-state index in [4.69, 9.17) is 9.15 Å². The van der Waals surface area contributed by atoms with Gasteiger partial charge < -0.3 is 9.15 Å². The minimum atomic E-state index is -4.02. The van der Waals surface area contributed by atoms with Gasteiger partial charge in [-0.05, 0) is 54.3 Å². The predicted molar refractivity (Wildman–Crippen MR) is 149 cm³/mol. The summed E-state index contributed by atoms with van der Waals surface area (Å²) in [4.78, 5) is 25.7. The average molecular weight is 540 g/mol. The Morgan fingerprint density at radius 2 is 1.54 bits per heavy atom. The number of hydrogen-bond acceptors (Lipinski definition) is 6. The van der Waals surface area contributed by atoms with Gasteiger partial charge in [0.1, 0.15) is 17.4 Å². The minimum Gasteiger partial charge on any atom is -0.425 e. The second kappa shape index (κ2) is 11.1. The highest BCUT2D eigenvalue weighted by molar-refractivity contribution is 7.89. The van der Waals surface area contributed by atoms with Crippen molar-refractivity contribution >= 4 is 27.0 Å². The van der Waals surface area contributed by atoms with E-state index >= 15 is 0 Å². The molecule has 0 aliphatic carbocycles. The second-order valence-corrected chi connectivity index (χ2v) is 10.8. The number of esters is 1. The highest BCUT2D eigenvalue weighted by Crippen LogP contribution is 2.30. The van der Waals surface area contributed by atoms with Crippen molar-refractivity contribution in [1.29, 1.82) is 0 Å². The van der Waals surface area contributed by atoms with E-state index in [0.29, 0.717) is 10.9 Å². The van der Waals surface area contributed by atoms with Crippen LogP contribution in [0.2, 0.25) is 0 Å². The van der Waals surface area contributed by atoms with E-state index in [-0.39, 0.29) is 22.6 Å². The van der Waals surface area contributed by atoms with Gasteiger partial charge in [-0.25, -0.2) is 18.0 Å². The Bertz CT molecular complexity index is 1780. The van der Waals surface area contributed by atoms with Crippen LogP contribution in [0.4, 0.5) is 0 Å². The molecule has 0 fully saturated rings. The molecule has 1 N–H and O–H groups in total. The van der Waals surface area contributed by atoms with E-state index in [2.05, 4.69) is 4.72 Å². The van der Waals surface area contributed by atoms with Gasteiger partial charge in [0, 0.05) is 17.5 Å². The Labute approximate surface area is 225 Å². The Morgan fingerprint density at radius 1 is 0.872 bits per heavy atom. The van der Waals surface area contributed by atoms with Crippen LogP contribution in [0.15, 0.2) is 123 Å². The summed E-state index contributed by atoms with van der Waals surface area (Å²) in [6.45, 7) is 1.86. The number of ether oxygens (including phenoxy) is 1. The molecule has 5 aromatic rings. The summed E-state index contributed by atoms with van der Waals surface area (Å²) in [5.41, 5.74) is 2.89. The molecule has 0 radical (unpaired) electrons. The monoisotopic (exact) mass is 539 g/mol. The number of nitrogens with one attached hydrogen (secondary N) is 1. The molecule has 39 heavy (non-hydrogen) atoms. The lowest BCUT2D eigenvalue weighted by molar-refractivity contribution is -0.136. The molecular formula is C31H25NO6S. The molecule has 1 heterocycles. The van der Waals surface area contributed by atoms with Crippen LogP contribution in [0, 0.1) is 6.92 Å². The lowest BCUT2D eigenvalue weighted by Crippen LogP contribution is -2.44. The van der Waals surface area contributed by atoms with Gasteiger partial charge in [-0.2, -0.15) is 4.72 Å². The number of aryl methyl sites for hydroxylation is 1. The van der Waals surface area contributed by atoms with E-state index in [1.807, 2.05) is 55.5 Å². The van der Waals surface area contributed by atoms with Crippen molar-refractivity contribution in [3.05, 3.63) is 131 Å². The first-order chi connectivity index (χ1) is 18.8. The van der Waals surface area contributed by atoms with Gasteiger partial charge in [0.25, 0.3) is 0 Å². The SMILES string of the molecule is Cc1ccc(S(=O)(=O)N[C@H](Cc2ccccc2)C(=O)Oc2ccc3c(-c4ccccc4)cc(=O)oc3c2)cc1. The molecule has 1 atom stereocenters. The third-order valence-corrected chi connectivity index (χ3v) is 7.70. The molecule has 0 aliphatic rings. The summed E-state index contributed by atoms with van der Waals surface area (Å²) in [5, 5.41) is 0.668. The van der Waals surface area contributed by atoms with Crippen molar-refractivity contribution < 1.29 is 22.4 Å². The third kappa shape index (κ3) is 6.14. The van der Waals surface area contributed by atoms with Crippen molar-refractivity contribution in [3.8, 4) is 16.9 Å². The first-order valence-corrected chi connectivity index (χ1v) is 13.7. The molecule has 0 spiro atoms. The summed E-state index contributed by atoms with van der Waals surface area (Å²) in [6.07, 6.45) is 0.0750. The van der Waals surface area contributed by atoms with Crippen LogP contribution in [-0.2, 0) is 21.2 Å². The summed E-state index contributed by atoms with van der Waals surface area (Å²) in [5.74, 6) is -0.677. The third-order valence-electron chi connectivity index (χ3n) is 6.22. The van der Waals surface area contributed by atoms with Crippen LogP contribution in [0.3, 0.4) is 0 Å². The Balaban J connectivity index is 1.45. The molecule has 0 saturated carbocycles. The molecule has 0 aliphatic heterocycles. The van der Waals surface area contributed by atoms with Crippen LogP contribution < -0.4 is 15.1 Å². The fourth-order valence-electron chi connectivity index (χ4n) is 4.25. The predicted octanol–water partition coefficient (Wildman–Crippen LogP) is 5.26. The summed E-state index contributed by atoms with van der Waals surface area (Å²) in [6, 6.07) is 29.7.